The van der Waals surface area contributed by atoms with Crippen LogP contribution in [-0.2, 0) is 9.84 Å². The Morgan fingerprint density at radius 3 is 2.60 bits per heavy atom. The van der Waals surface area contributed by atoms with E-state index in [1.165, 1.54) is 11.5 Å². The summed E-state index contributed by atoms with van der Waals surface area (Å²) in [6.07, 6.45) is 2.62. The second-order valence-corrected chi connectivity index (χ2v) is 9.10. The minimum absolute atomic E-state index is 0.185. The summed E-state index contributed by atoms with van der Waals surface area (Å²) in [6, 6.07) is 0. The number of hydrogen-bond acceptors (Lipinski definition) is 6. The first-order valence-corrected chi connectivity index (χ1v) is 9.47. The maximum atomic E-state index is 12.5. The first-order chi connectivity index (χ1) is 9.41. The summed E-state index contributed by atoms with van der Waals surface area (Å²) >= 11 is 1.23. The van der Waals surface area contributed by atoms with Crippen molar-refractivity contribution >= 4 is 32.2 Å². The van der Waals surface area contributed by atoms with Crippen molar-refractivity contribution in [2.75, 3.05) is 23.7 Å². The van der Waals surface area contributed by atoms with Gasteiger partial charge in [-0.15, -0.1) is 0 Å². The molecule has 3 rings (SSSR count). The number of nitrogen functional groups attached to an aromatic ring is 1. The van der Waals surface area contributed by atoms with Crippen LogP contribution < -0.4 is 10.6 Å². The van der Waals surface area contributed by atoms with E-state index in [9.17, 15) is 8.42 Å². The van der Waals surface area contributed by atoms with E-state index >= 15 is 0 Å². The molecular formula is C13H21N3O2S2. The highest BCUT2D eigenvalue weighted by Gasteiger charge is 2.42. The predicted molar refractivity (Wildman–Crippen MR) is 81.9 cm³/mol. The van der Waals surface area contributed by atoms with Crippen molar-refractivity contribution < 1.29 is 8.42 Å². The molecular weight excluding hydrogens is 294 g/mol. The molecule has 1 saturated carbocycles. The second-order valence-electron chi connectivity index (χ2n) is 6.19. The average molecular weight is 315 g/mol. The SMILES string of the molecule is CC(C)C1CCN(c2snc(N)c2S(=O)(=O)C2CC2)C1. The van der Waals surface area contributed by atoms with Crippen LogP contribution in [0.25, 0.3) is 0 Å². The molecule has 0 radical (unpaired) electrons. The van der Waals surface area contributed by atoms with Crippen LogP contribution in [-0.4, -0.2) is 31.1 Å². The zero-order chi connectivity index (χ0) is 14.5. The summed E-state index contributed by atoms with van der Waals surface area (Å²) in [5.41, 5.74) is 5.85. The van der Waals surface area contributed by atoms with E-state index < -0.39 is 9.84 Å². The zero-order valence-electron chi connectivity index (χ0n) is 11.9. The number of nitrogens with zero attached hydrogens (tertiary/aromatic N) is 2. The van der Waals surface area contributed by atoms with Crippen LogP contribution in [0, 0.1) is 11.8 Å². The van der Waals surface area contributed by atoms with Crippen LogP contribution in [0.3, 0.4) is 0 Å². The third kappa shape index (κ3) is 2.30. The summed E-state index contributed by atoms with van der Waals surface area (Å²) in [7, 11) is -3.28. The fourth-order valence-corrected chi connectivity index (χ4v) is 5.88. The Bertz CT molecular complexity index is 605. The molecule has 1 atom stereocenters. The molecule has 1 saturated heterocycles. The van der Waals surface area contributed by atoms with E-state index in [0.29, 0.717) is 16.7 Å². The third-order valence-electron chi connectivity index (χ3n) is 4.36. The molecule has 2 fully saturated rings. The Kier molecular flexibility index (Phi) is 3.44. The van der Waals surface area contributed by atoms with Crippen LogP contribution in [0.15, 0.2) is 4.90 Å². The van der Waals surface area contributed by atoms with Crippen molar-refractivity contribution in [1.82, 2.24) is 4.37 Å². The molecule has 112 valence electrons. The molecule has 2 N–H and O–H groups in total. The van der Waals surface area contributed by atoms with Gasteiger partial charge in [0.15, 0.2) is 15.7 Å². The second kappa shape index (κ2) is 4.87. The van der Waals surface area contributed by atoms with Crippen molar-refractivity contribution in [2.24, 2.45) is 11.8 Å². The van der Waals surface area contributed by atoms with Crippen LogP contribution in [0.5, 0.6) is 0 Å². The zero-order valence-corrected chi connectivity index (χ0v) is 13.5. The van der Waals surface area contributed by atoms with Gasteiger partial charge in [-0.2, -0.15) is 4.37 Å². The Balaban J connectivity index is 1.92. The van der Waals surface area contributed by atoms with Crippen LogP contribution in [0.1, 0.15) is 33.1 Å². The molecule has 0 bridgehead atoms. The van der Waals surface area contributed by atoms with Crippen LogP contribution in [0.4, 0.5) is 10.8 Å². The van der Waals surface area contributed by atoms with Crippen molar-refractivity contribution in [2.45, 2.75) is 43.3 Å². The highest BCUT2D eigenvalue weighted by molar-refractivity contribution is 7.92. The Morgan fingerprint density at radius 1 is 1.35 bits per heavy atom. The lowest BCUT2D eigenvalue weighted by molar-refractivity contribution is 0.423. The number of hydrogen-bond donors (Lipinski definition) is 1. The number of sulfone groups is 1. The number of anilines is 2. The maximum Gasteiger partial charge on any atom is 0.187 e. The van der Waals surface area contributed by atoms with Gasteiger partial charge in [-0.1, -0.05) is 13.8 Å². The van der Waals surface area contributed by atoms with Crippen molar-refractivity contribution in [3.63, 3.8) is 0 Å². The molecule has 2 aliphatic rings. The van der Waals surface area contributed by atoms with E-state index in [-0.39, 0.29) is 11.1 Å². The lowest BCUT2D eigenvalue weighted by atomic mass is 9.95. The highest BCUT2D eigenvalue weighted by Crippen LogP contribution is 2.44. The summed E-state index contributed by atoms with van der Waals surface area (Å²) in [6.45, 7) is 6.25. The molecule has 1 aromatic rings. The van der Waals surface area contributed by atoms with E-state index in [1.807, 2.05) is 0 Å². The normalized spacial score (nSPS) is 23.8. The van der Waals surface area contributed by atoms with Crippen LogP contribution in [0.2, 0.25) is 0 Å². The van der Waals surface area contributed by atoms with Gasteiger partial charge < -0.3 is 10.6 Å². The van der Waals surface area contributed by atoms with Gasteiger partial charge in [0.2, 0.25) is 0 Å². The molecule has 20 heavy (non-hydrogen) atoms. The lowest BCUT2D eigenvalue weighted by Crippen LogP contribution is -2.23. The van der Waals surface area contributed by atoms with E-state index in [2.05, 4.69) is 23.1 Å². The third-order valence-corrected chi connectivity index (χ3v) is 7.73. The largest absolute Gasteiger partial charge is 0.382 e. The smallest absolute Gasteiger partial charge is 0.187 e. The molecule has 2 heterocycles. The average Bonchev–Trinajstić information content (AvgIpc) is 2.99. The molecule has 7 heteroatoms. The molecule has 1 unspecified atom stereocenters. The Morgan fingerprint density at radius 2 is 2.05 bits per heavy atom. The van der Waals surface area contributed by atoms with Gasteiger partial charge in [-0.05, 0) is 42.6 Å². The topological polar surface area (TPSA) is 76.3 Å². The molecule has 1 aliphatic carbocycles. The summed E-state index contributed by atoms with van der Waals surface area (Å²) < 4.78 is 29.2. The Labute approximate surface area is 124 Å². The molecule has 5 nitrogen and oxygen atoms in total. The van der Waals surface area contributed by atoms with E-state index in [1.54, 1.807) is 0 Å². The van der Waals surface area contributed by atoms with Gasteiger partial charge in [0.1, 0.15) is 9.90 Å². The van der Waals surface area contributed by atoms with Crippen molar-refractivity contribution in [1.29, 1.82) is 0 Å². The standard InChI is InChI=1S/C13H21N3O2S2/c1-8(2)9-5-6-16(7-9)13-11(12(14)15-19-13)20(17,18)10-3-4-10/h8-10H,3-7H2,1-2H3,(H2,14,15). The summed E-state index contributed by atoms with van der Waals surface area (Å²) in [5.74, 6) is 1.42. The molecule has 0 amide bonds. The van der Waals surface area contributed by atoms with Gasteiger partial charge in [0.25, 0.3) is 0 Å². The monoisotopic (exact) mass is 315 g/mol. The van der Waals surface area contributed by atoms with Gasteiger partial charge in [0, 0.05) is 13.1 Å². The predicted octanol–water partition coefficient (Wildman–Crippen LogP) is 2.14. The Hall–Kier alpha value is -0.820. The molecule has 1 aromatic heterocycles. The molecule has 0 spiro atoms. The van der Waals surface area contributed by atoms with E-state index in [4.69, 9.17) is 5.73 Å². The van der Waals surface area contributed by atoms with Crippen LogP contribution >= 0.6 is 11.5 Å². The minimum atomic E-state index is -3.28. The van der Waals surface area contributed by atoms with Gasteiger partial charge in [0.05, 0.1) is 5.25 Å². The van der Waals surface area contributed by atoms with Gasteiger partial charge in [-0.3, -0.25) is 0 Å². The number of aromatic nitrogens is 1. The number of nitrogens with two attached hydrogens (primary N) is 1. The lowest BCUT2D eigenvalue weighted by Gasteiger charge is -2.19. The maximum absolute atomic E-state index is 12.5. The molecule has 0 aromatic carbocycles. The van der Waals surface area contributed by atoms with E-state index in [0.717, 1.165) is 37.4 Å². The summed E-state index contributed by atoms with van der Waals surface area (Å²) in [5, 5.41) is 0.529. The summed E-state index contributed by atoms with van der Waals surface area (Å²) in [4.78, 5) is 2.46. The fourth-order valence-electron chi connectivity index (χ4n) is 2.81. The van der Waals surface area contributed by atoms with Gasteiger partial charge in [-0.25, -0.2) is 8.42 Å². The number of rotatable bonds is 4. The van der Waals surface area contributed by atoms with Gasteiger partial charge >= 0.3 is 0 Å². The minimum Gasteiger partial charge on any atom is -0.382 e. The first-order valence-electron chi connectivity index (χ1n) is 7.15. The highest BCUT2D eigenvalue weighted by atomic mass is 32.2. The van der Waals surface area contributed by atoms with Crippen molar-refractivity contribution in [3.8, 4) is 0 Å². The quantitative estimate of drug-likeness (QED) is 0.921. The fraction of sp³-hybridized carbons (Fsp3) is 0.769. The molecule has 1 aliphatic heterocycles. The van der Waals surface area contributed by atoms with Crippen molar-refractivity contribution in [3.05, 3.63) is 0 Å². The first kappa shape index (κ1) is 14.1.